The molecule has 0 aliphatic carbocycles. The highest BCUT2D eigenvalue weighted by atomic mass is 16.2. The molecule has 170 valence electrons. The zero-order valence-corrected chi connectivity index (χ0v) is 19.3. The van der Waals surface area contributed by atoms with Gasteiger partial charge in [0.15, 0.2) is 0 Å². The summed E-state index contributed by atoms with van der Waals surface area (Å²) in [6.07, 6.45) is 4.86. The van der Waals surface area contributed by atoms with Crippen LogP contribution in [0.1, 0.15) is 56.2 Å². The quantitative estimate of drug-likeness (QED) is 0.724. The van der Waals surface area contributed by atoms with E-state index in [1.54, 1.807) is 4.90 Å². The van der Waals surface area contributed by atoms with E-state index in [0.717, 1.165) is 36.4 Å². The van der Waals surface area contributed by atoms with Crippen LogP contribution in [0.25, 0.3) is 0 Å². The average Bonchev–Trinajstić information content (AvgIpc) is 2.78. The summed E-state index contributed by atoms with van der Waals surface area (Å²) in [5.74, 6) is 0.204. The number of anilines is 1. The lowest BCUT2D eigenvalue weighted by Crippen LogP contribution is -2.50. The van der Waals surface area contributed by atoms with E-state index in [-0.39, 0.29) is 17.7 Å². The molecule has 5 nitrogen and oxygen atoms in total. The number of hydrogen-bond acceptors (Lipinski definition) is 3. The molecule has 0 radical (unpaired) electrons. The minimum absolute atomic E-state index is 0.0495. The number of carbonyl (C=O) groups is 2. The van der Waals surface area contributed by atoms with Gasteiger partial charge in [-0.2, -0.15) is 0 Å². The first-order valence-corrected chi connectivity index (χ1v) is 12.0. The number of nitrogens with zero attached hydrogens (tertiary/aromatic N) is 2. The molecule has 32 heavy (non-hydrogen) atoms. The van der Waals surface area contributed by atoms with Crippen molar-refractivity contribution in [3.63, 3.8) is 0 Å². The second kappa shape index (κ2) is 10.3. The summed E-state index contributed by atoms with van der Waals surface area (Å²) in [6.45, 7) is 7.78. The number of benzene rings is 2. The monoisotopic (exact) mass is 433 g/mol. The molecule has 1 atom stereocenters. The van der Waals surface area contributed by atoms with Crippen molar-refractivity contribution in [2.24, 2.45) is 5.92 Å². The Balaban J connectivity index is 1.49. The third-order valence-electron chi connectivity index (χ3n) is 6.50. The molecule has 1 unspecified atom stereocenters. The van der Waals surface area contributed by atoms with Gasteiger partial charge in [0.05, 0.1) is 0 Å². The predicted octanol–water partition coefficient (Wildman–Crippen LogP) is 4.61. The Hall–Kier alpha value is -2.66. The molecule has 1 saturated heterocycles. The van der Waals surface area contributed by atoms with E-state index >= 15 is 0 Å². The smallest absolute Gasteiger partial charge is 0.247 e. The molecule has 4 rings (SSSR count). The second-order valence-electron chi connectivity index (χ2n) is 9.63. The first-order valence-electron chi connectivity index (χ1n) is 12.0. The van der Waals surface area contributed by atoms with Gasteiger partial charge in [-0.1, -0.05) is 56.7 Å². The van der Waals surface area contributed by atoms with Crippen molar-refractivity contribution in [2.45, 2.75) is 65.1 Å². The molecule has 2 aromatic carbocycles. The Morgan fingerprint density at radius 2 is 1.75 bits per heavy atom. The van der Waals surface area contributed by atoms with Crippen molar-refractivity contribution in [3.8, 4) is 0 Å². The number of amides is 2. The summed E-state index contributed by atoms with van der Waals surface area (Å²) in [6, 6.07) is 15.8. The summed E-state index contributed by atoms with van der Waals surface area (Å²) in [5, 5.41) is 3.11. The summed E-state index contributed by atoms with van der Waals surface area (Å²) in [5.41, 5.74) is 4.31. The fourth-order valence-electron chi connectivity index (χ4n) is 4.83. The molecule has 0 bridgehead atoms. The zero-order valence-electron chi connectivity index (χ0n) is 19.3. The summed E-state index contributed by atoms with van der Waals surface area (Å²) in [4.78, 5) is 30.6. The summed E-state index contributed by atoms with van der Waals surface area (Å²) in [7, 11) is 0. The molecule has 1 N–H and O–H groups in total. The minimum Gasteiger partial charge on any atom is -0.326 e. The number of piperidine rings is 1. The van der Waals surface area contributed by atoms with Crippen molar-refractivity contribution in [2.75, 3.05) is 18.4 Å². The second-order valence-corrected chi connectivity index (χ2v) is 9.63. The molecule has 0 aromatic heterocycles. The van der Waals surface area contributed by atoms with Crippen molar-refractivity contribution in [1.29, 1.82) is 0 Å². The standard InChI is InChI=1S/C27H35N3O2/c1-20(2)15-26(31)30-19-23-11-5-4-10-22(23)17-25(30)27(32)28-24-12-8-9-21(16-24)18-29-13-6-3-7-14-29/h4-5,8-12,16,20,25H,3,6-7,13-15,17-19H2,1-2H3,(H,28,32). The maximum absolute atomic E-state index is 13.4. The van der Waals surface area contributed by atoms with Gasteiger partial charge in [0.2, 0.25) is 11.8 Å². The fraction of sp³-hybridized carbons (Fsp3) is 0.481. The predicted molar refractivity (Wildman–Crippen MR) is 128 cm³/mol. The van der Waals surface area contributed by atoms with E-state index in [9.17, 15) is 9.59 Å². The third-order valence-corrected chi connectivity index (χ3v) is 6.50. The van der Waals surface area contributed by atoms with Crippen LogP contribution in [0.5, 0.6) is 0 Å². The van der Waals surface area contributed by atoms with Crippen molar-refractivity contribution < 1.29 is 9.59 Å². The van der Waals surface area contributed by atoms with Gasteiger partial charge < -0.3 is 10.2 Å². The van der Waals surface area contributed by atoms with Crippen LogP contribution in [0.4, 0.5) is 5.69 Å². The molecule has 5 heteroatoms. The lowest BCUT2D eigenvalue weighted by Gasteiger charge is -2.36. The maximum Gasteiger partial charge on any atom is 0.247 e. The van der Waals surface area contributed by atoms with E-state index in [4.69, 9.17) is 0 Å². The molecule has 2 aliphatic heterocycles. The number of rotatable bonds is 6. The van der Waals surface area contributed by atoms with Gasteiger partial charge in [0, 0.05) is 31.6 Å². The van der Waals surface area contributed by atoms with Crippen LogP contribution in [0, 0.1) is 5.92 Å². The lowest BCUT2D eigenvalue weighted by molar-refractivity contribution is -0.140. The molecule has 0 saturated carbocycles. The van der Waals surface area contributed by atoms with E-state index in [2.05, 4.69) is 34.5 Å². The Morgan fingerprint density at radius 3 is 2.50 bits per heavy atom. The van der Waals surface area contributed by atoms with Gasteiger partial charge in [-0.15, -0.1) is 0 Å². The van der Waals surface area contributed by atoms with Crippen LogP contribution in [0.3, 0.4) is 0 Å². The van der Waals surface area contributed by atoms with Crippen LogP contribution in [-0.4, -0.2) is 40.7 Å². The van der Waals surface area contributed by atoms with Crippen LogP contribution >= 0.6 is 0 Å². The third kappa shape index (κ3) is 5.57. The van der Waals surface area contributed by atoms with Crippen molar-refractivity contribution in [1.82, 2.24) is 9.80 Å². The van der Waals surface area contributed by atoms with E-state index in [1.165, 1.54) is 24.8 Å². The van der Waals surface area contributed by atoms with Gasteiger partial charge in [-0.3, -0.25) is 14.5 Å². The molecule has 0 spiro atoms. The van der Waals surface area contributed by atoms with E-state index in [0.29, 0.717) is 19.4 Å². The first-order chi connectivity index (χ1) is 15.5. The number of fused-ring (bicyclic) bond motifs is 1. The molecular weight excluding hydrogens is 398 g/mol. The van der Waals surface area contributed by atoms with E-state index in [1.807, 2.05) is 38.1 Å². The van der Waals surface area contributed by atoms with Gasteiger partial charge in [-0.05, 0) is 60.7 Å². The molecule has 2 amide bonds. The highest BCUT2D eigenvalue weighted by Gasteiger charge is 2.34. The first kappa shape index (κ1) is 22.5. The number of likely N-dealkylation sites (tertiary alicyclic amines) is 1. The van der Waals surface area contributed by atoms with Crippen LogP contribution in [-0.2, 0) is 29.1 Å². The van der Waals surface area contributed by atoms with Gasteiger partial charge >= 0.3 is 0 Å². The van der Waals surface area contributed by atoms with Crippen LogP contribution < -0.4 is 5.32 Å². The van der Waals surface area contributed by atoms with E-state index < -0.39 is 6.04 Å². The Labute approximate surface area is 191 Å². The number of hydrogen-bond donors (Lipinski definition) is 1. The highest BCUT2D eigenvalue weighted by molar-refractivity contribution is 5.97. The number of carbonyl (C=O) groups excluding carboxylic acids is 2. The molecule has 2 aliphatic rings. The average molecular weight is 434 g/mol. The topological polar surface area (TPSA) is 52.7 Å². The fourth-order valence-corrected chi connectivity index (χ4v) is 4.83. The summed E-state index contributed by atoms with van der Waals surface area (Å²) >= 11 is 0. The maximum atomic E-state index is 13.4. The number of nitrogens with one attached hydrogen (secondary N) is 1. The van der Waals surface area contributed by atoms with Crippen molar-refractivity contribution >= 4 is 17.5 Å². The van der Waals surface area contributed by atoms with Crippen LogP contribution in [0.15, 0.2) is 48.5 Å². The largest absolute Gasteiger partial charge is 0.326 e. The van der Waals surface area contributed by atoms with Gasteiger partial charge in [0.1, 0.15) is 6.04 Å². The van der Waals surface area contributed by atoms with Crippen LogP contribution in [0.2, 0.25) is 0 Å². The Bertz CT molecular complexity index is 949. The highest BCUT2D eigenvalue weighted by Crippen LogP contribution is 2.26. The molecular formula is C27H35N3O2. The lowest BCUT2D eigenvalue weighted by atomic mass is 9.92. The molecule has 2 heterocycles. The van der Waals surface area contributed by atoms with Gasteiger partial charge in [0.25, 0.3) is 0 Å². The molecule has 2 aromatic rings. The summed E-state index contributed by atoms with van der Waals surface area (Å²) < 4.78 is 0. The minimum atomic E-state index is -0.484. The van der Waals surface area contributed by atoms with Crippen molar-refractivity contribution in [3.05, 3.63) is 65.2 Å². The normalized spacial score (nSPS) is 19.0. The van der Waals surface area contributed by atoms with Gasteiger partial charge in [-0.25, -0.2) is 0 Å². The molecule has 1 fully saturated rings. The zero-order chi connectivity index (χ0) is 22.5. The Morgan fingerprint density at radius 1 is 1.00 bits per heavy atom. The Kier molecular flexibility index (Phi) is 7.26. The SMILES string of the molecule is CC(C)CC(=O)N1Cc2ccccc2CC1C(=O)Nc1cccc(CN2CCCCC2)c1.